The summed E-state index contributed by atoms with van der Waals surface area (Å²) in [6.07, 6.45) is 0. The summed E-state index contributed by atoms with van der Waals surface area (Å²) in [5, 5.41) is 24.3. The fourth-order valence-electron chi connectivity index (χ4n) is 3.47. The zero-order chi connectivity index (χ0) is 29.8. The number of nitrogen functional groups attached to an aromatic ring is 1. The number of rotatable bonds is 8. The summed E-state index contributed by atoms with van der Waals surface area (Å²) in [5.41, 5.74) is 9.57. The van der Waals surface area contributed by atoms with E-state index in [2.05, 4.69) is 30.7 Å². The van der Waals surface area contributed by atoms with Gasteiger partial charge < -0.3 is 14.8 Å². The maximum Gasteiger partial charge on any atom is 1.00 e. The summed E-state index contributed by atoms with van der Waals surface area (Å²) < 4.78 is 68.9. The summed E-state index contributed by atoms with van der Waals surface area (Å²) in [6.45, 7) is 3.63. The van der Waals surface area contributed by atoms with Crippen molar-refractivity contribution >= 4 is 60.0 Å². The second kappa shape index (κ2) is 15.3. The van der Waals surface area contributed by atoms with E-state index in [1.165, 1.54) is 24.3 Å². The van der Waals surface area contributed by atoms with E-state index in [0.717, 1.165) is 23.8 Å². The van der Waals surface area contributed by atoms with Gasteiger partial charge in [-0.15, -0.1) is 5.11 Å². The standard InChI is InChI=1S/C26H23N7O6S2.2Na/c1-16-13-18(27)3-10-23(16)31-30-20-6-11-24(17(2)14-20)32-33-25-12-7-21(15-26(25)41(37,38)39)29-28-19-4-8-22(9-5-19)40(34,35)36;;/h3-15H,27H2,1-2H3,(H,34,35,36)(H,37,38,39);;/q;2*+1/p-2. The van der Waals surface area contributed by atoms with E-state index in [1.807, 2.05) is 6.92 Å². The first-order valence-electron chi connectivity index (χ1n) is 11.7. The van der Waals surface area contributed by atoms with Gasteiger partial charge in [-0.25, -0.2) is 16.8 Å². The van der Waals surface area contributed by atoms with Crippen LogP contribution in [0, 0.1) is 13.8 Å². The van der Waals surface area contributed by atoms with Gasteiger partial charge in [0.2, 0.25) is 0 Å². The van der Waals surface area contributed by atoms with Crippen LogP contribution in [0.4, 0.5) is 39.8 Å². The Labute approximate surface area is 292 Å². The van der Waals surface area contributed by atoms with Crippen molar-refractivity contribution in [3.63, 3.8) is 0 Å². The molecular weight excluding hydrogens is 616 g/mol. The normalized spacial score (nSPS) is 12.0. The molecule has 0 spiro atoms. The van der Waals surface area contributed by atoms with Crippen molar-refractivity contribution < 1.29 is 85.1 Å². The molecule has 0 aliphatic rings. The van der Waals surface area contributed by atoms with Gasteiger partial charge in [0.25, 0.3) is 0 Å². The third kappa shape index (κ3) is 10.2. The molecule has 210 valence electrons. The summed E-state index contributed by atoms with van der Waals surface area (Å²) in [6, 6.07) is 18.5. The van der Waals surface area contributed by atoms with Crippen molar-refractivity contribution in [3.8, 4) is 0 Å². The van der Waals surface area contributed by atoms with Crippen LogP contribution in [0.15, 0.2) is 119 Å². The van der Waals surface area contributed by atoms with Crippen LogP contribution in [-0.4, -0.2) is 25.9 Å². The van der Waals surface area contributed by atoms with Crippen LogP contribution < -0.4 is 64.8 Å². The molecule has 4 rings (SSSR count). The SMILES string of the molecule is Cc1cc(N)ccc1N=Nc1ccc(N=Nc2ccc(N=Nc3ccc(S(=O)(=O)[O-])cc3)cc2S(=O)(=O)[O-])c(C)c1.[Na+].[Na+]. The van der Waals surface area contributed by atoms with Crippen molar-refractivity contribution in [1.82, 2.24) is 0 Å². The number of azo groups is 3. The Kier molecular flexibility index (Phi) is 13.0. The molecule has 13 nitrogen and oxygen atoms in total. The number of nitrogens with zero attached hydrogens (tertiary/aromatic N) is 6. The Hall–Kier alpha value is -2.70. The fraction of sp³-hybridized carbons (Fsp3) is 0.0769. The molecule has 0 aliphatic heterocycles. The average Bonchev–Trinajstić information content (AvgIpc) is 2.90. The summed E-state index contributed by atoms with van der Waals surface area (Å²) in [7, 11) is -9.58. The van der Waals surface area contributed by atoms with Crippen molar-refractivity contribution in [2.75, 3.05) is 5.73 Å². The Morgan fingerprint density at radius 3 is 1.53 bits per heavy atom. The van der Waals surface area contributed by atoms with Gasteiger partial charge in [-0.05, 0) is 104 Å². The van der Waals surface area contributed by atoms with Crippen LogP contribution in [-0.2, 0) is 20.2 Å². The minimum absolute atomic E-state index is 0. The maximum atomic E-state index is 11.9. The molecule has 0 aromatic heterocycles. The minimum atomic E-state index is -4.96. The second-order valence-electron chi connectivity index (χ2n) is 8.67. The van der Waals surface area contributed by atoms with E-state index < -0.39 is 30.0 Å². The average molecular weight is 638 g/mol. The van der Waals surface area contributed by atoms with Gasteiger partial charge in [-0.2, -0.15) is 25.6 Å². The van der Waals surface area contributed by atoms with E-state index in [0.29, 0.717) is 28.3 Å². The third-order valence-corrected chi connectivity index (χ3v) is 7.27. The van der Waals surface area contributed by atoms with E-state index >= 15 is 0 Å². The number of aryl methyl sites for hydroxylation is 2. The molecule has 4 aromatic rings. The molecule has 0 aliphatic carbocycles. The maximum absolute atomic E-state index is 11.9. The quantitative estimate of drug-likeness (QED) is 0.128. The van der Waals surface area contributed by atoms with E-state index in [9.17, 15) is 25.9 Å². The van der Waals surface area contributed by atoms with E-state index in [4.69, 9.17) is 5.73 Å². The Bertz CT molecular complexity index is 1930. The van der Waals surface area contributed by atoms with Gasteiger partial charge in [0.05, 0.1) is 38.2 Å². The zero-order valence-electron chi connectivity index (χ0n) is 23.5. The Balaban J connectivity index is 0.00000323. The predicted octanol–water partition coefficient (Wildman–Crippen LogP) is 0.948. The van der Waals surface area contributed by atoms with Crippen LogP contribution in [0.1, 0.15) is 11.1 Å². The minimum Gasteiger partial charge on any atom is -0.744 e. The molecule has 0 bridgehead atoms. The molecule has 2 N–H and O–H groups in total. The molecule has 0 saturated carbocycles. The third-order valence-electron chi connectivity index (χ3n) is 5.56. The first kappa shape index (κ1) is 36.5. The number of benzene rings is 4. The van der Waals surface area contributed by atoms with Crippen LogP contribution in [0.2, 0.25) is 0 Å². The van der Waals surface area contributed by atoms with Gasteiger partial charge >= 0.3 is 59.1 Å². The molecule has 0 amide bonds. The van der Waals surface area contributed by atoms with Crippen molar-refractivity contribution in [3.05, 3.63) is 90.0 Å². The van der Waals surface area contributed by atoms with Gasteiger partial charge in [-0.3, -0.25) is 0 Å². The Morgan fingerprint density at radius 1 is 0.535 bits per heavy atom. The van der Waals surface area contributed by atoms with Crippen LogP contribution in [0.3, 0.4) is 0 Å². The molecule has 0 heterocycles. The van der Waals surface area contributed by atoms with Gasteiger partial charge in [0.15, 0.2) is 0 Å². The summed E-state index contributed by atoms with van der Waals surface area (Å²) in [5.74, 6) is 0. The van der Waals surface area contributed by atoms with Gasteiger partial charge in [0.1, 0.15) is 25.9 Å². The largest absolute Gasteiger partial charge is 1.00 e. The van der Waals surface area contributed by atoms with Gasteiger partial charge in [0, 0.05) is 5.69 Å². The van der Waals surface area contributed by atoms with Crippen LogP contribution in [0.5, 0.6) is 0 Å². The molecule has 0 radical (unpaired) electrons. The van der Waals surface area contributed by atoms with Crippen molar-refractivity contribution in [2.24, 2.45) is 30.7 Å². The molecule has 0 fully saturated rings. The molecule has 17 heteroatoms. The second-order valence-corrected chi connectivity index (χ2v) is 11.4. The monoisotopic (exact) mass is 637 g/mol. The summed E-state index contributed by atoms with van der Waals surface area (Å²) in [4.78, 5) is -1.10. The fourth-order valence-corrected chi connectivity index (χ4v) is 4.57. The summed E-state index contributed by atoms with van der Waals surface area (Å²) >= 11 is 0. The molecule has 4 aromatic carbocycles. The molecule has 0 unspecified atom stereocenters. The van der Waals surface area contributed by atoms with Crippen molar-refractivity contribution in [2.45, 2.75) is 23.6 Å². The van der Waals surface area contributed by atoms with E-state index in [-0.39, 0.29) is 76.2 Å². The number of hydrogen-bond acceptors (Lipinski definition) is 13. The molecular formula is C26H21N7Na2O6S2. The Morgan fingerprint density at radius 2 is 0.977 bits per heavy atom. The van der Waals surface area contributed by atoms with Crippen molar-refractivity contribution in [1.29, 1.82) is 0 Å². The van der Waals surface area contributed by atoms with Crippen LogP contribution in [0.25, 0.3) is 0 Å². The number of hydrogen-bond donors (Lipinski definition) is 1. The van der Waals surface area contributed by atoms with Crippen LogP contribution >= 0.6 is 0 Å². The zero-order valence-corrected chi connectivity index (χ0v) is 29.2. The number of anilines is 1. The van der Waals surface area contributed by atoms with Gasteiger partial charge in [-0.1, -0.05) is 0 Å². The first-order chi connectivity index (χ1) is 19.3. The molecule has 0 atom stereocenters. The number of nitrogens with two attached hydrogens (primary N) is 1. The smallest absolute Gasteiger partial charge is 0.744 e. The molecule has 0 saturated heterocycles. The topological polar surface area (TPSA) is 215 Å². The first-order valence-corrected chi connectivity index (χ1v) is 14.5. The molecule has 43 heavy (non-hydrogen) atoms. The predicted molar refractivity (Wildman–Crippen MR) is 148 cm³/mol. The van der Waals surface area contributed by atoms with E-state index in [1.54, 1.807) is 43.3 Å².